The van der Waals surface area contributed by atoms with Crippen molar-refractivity contribution >= 4 is 43.2 Å². The van der Waals surface area contributed by atoms with Gasteiger partial charge >= 0.3 is 0 Å². The third-order valence-corrected chi connectivity index (χ3v) is 3.82. The van der Waals surface area contributed by atoms with Gasteiger partial charge in [0.05, 0.1) is 0 Å². The quantitative estimate of drug-likeness (QED) is 0.794. The molecule has 3 aromatic rings. The summed E-state index contributed by atoms with van der Waals surface area (Å²) in [6.45, 7) is 0.338. The molecular weight excluding hydrogens is 326 g/mol. The zero-order valence-corrected chi connectivity index (χ0v) is 12.2. The summed E-state index contributed by atoms with van der Waals surface area (Å²) in [7, 11) is 0. The van der Waals surface area contributed by atoms with Gasteiger partial charge in [-0.2, -0.15) is 0 Å². The number of nitrogens with two attached hydrogens (primary N) is 1. The van der Waals surface area contributed by atoms with Crippen LogP contribution in [0, 0.1) is 0 Å². The predicted molar refractivity (Wildman–Crippen MR) is 80.3 cm³/mol. The van der Waals surface area contributed by atoms with E-state index in [1.165, 1.54) is 11.5 Å². The molecule has 3 rings (SSSR count). The number of benzene rings is 2. The first-order valence-corrected chi connectivity index (χ1v) is 7.18. The Morgan fingerprint density at radius 3 is 2.74 bits per heavy atom. The van der Waals surface area contributed by atoms with Gasteiger partial charge in [-0.25, -0.2) is 0 Å². The highest BCUT2D eigenvalue weighted by atomic mass is 79.9. The van der Waals surface area contributed by atoms with Crippen molar-refractivity contribution in [2.75, 3.05) is 5.73 Å². The third-order valence-electron chi connectivity index (χ3n) is 2.73. The molecule has 6 heteroatoms. The molecule has 0 spiro atoms. The van der Waals surface area contributed by atoms with E-state index in [1.807, 2.05) is 30.3 Å². The molecule has 0 aliphatic heterocycles. The Labute approximate surface area is 122 Å². The van der Waals surface area contributed by atoms with E-state index in [0.717, 1.165) is 21.0 Å². The van der Waals surface area contributed by atoms with Crippen LogP contribution in [0.4, 0.5) is 5.00 Å². The van der Waals surface area contributed by atoms with E-state index in [-0.39, 0.29) is 0 Å². The van der Waals surface area contributed by atoms with E-state index < -0.39 is 0 Å². The summed E-state index contributed by atoms with van der Waals surface area (Å²) >= 11 is 4.63. The van der Waals surface area contributed by atoms with Gasteiger partial charge in [0.1, 0.15) is 23.1 Å². The van der Waals surface area contributed by atoms with E-state index in [1.54, 1.807) is 0 Å². The molecule has 0 atom stereocenters. The summed E-state index contributed by atoms with van der Waals surface area (Å²) in [5.41, 5.74) is 6.40. The summed E-state index contributed by atoms with van der Waals surface area (Å²) in [6, 6.07) is 12.1. The van der Waals surface area contributed by atoms with Crippen molar-refractivity contribution in [1.29, 1.82) is 0 Å². The van der Waals surface area contributed by atoms with E-state index in [2.05, 4.69) is 31.6 Å². The minimum absolute atomic E-state index is 0.338. The number of fused-ring (bicyclic) bond motifs is 1. The van der Waals surface area contributed by atoms with Gasteiger partial charge in [0.25, 0.3) is 0 Å². The molecule has 0 bridgehead atoms. The number of hydrogen-bond donors (Lipinski definition) is 1. The zero-order valence-electron chi connectivity index (χ0n) is 9.84. The maximum Gasteiger partial charge on any atom is 0.136 e. The first-order valence-electron chi connectivity index (χ1n) is 5.61. The van der Waals surface area contributed by atoms with Crippen molar-refractivity contribution in [3.8, 4) is 5.75 Å². The number of aromatic nitrogens is 2. The van der Waals surface area contributed by atoms with Crippen molar-refractivity contribution in [1.82, 2.24) is 9.59 Å². The van der Waals surface area contributed by atoms with Crippen LogP contribution in [0.15, 0.2) is 40.9 Å². The average molecular weight is 336 g/mol. The van der Waals surface area contributed by atoms with Crippen LogP contribution in [0.2, 0.25) is 0 Å². The largest absolute Gasteiger partial charge is 0.487 e. The molecule has 0 saturated carbocycles. The smallest absolute Gasteiger partial charge is 0.136 e. The summed E-state index contributed by atoms with van der Waals surface area (Å²) in [6.07, 6.45) is 0. The van der Waals surface area contributed by atoms with Crippen LogP contribution in [-0.2, 0) is 6.61 Å². The molecule has 0 radical (unpaired) electrons. The summed E-state index contributed by atoms with van der Waals surface area (Å²) < 4.78 is 10.5. The lowest BCUT2D eigenvalue weighted by atomic mass is 10.1. The molecule has 1 heterocycles. The van der Waals surface area contributed by atoms with Crippen molar-refractivity contribution in [2.24, 2.45) is 0 Å². The van der Waals surface area contributed by atoms with Gasteiger partial charge in [-0.1, -0.05) is 32.6 Å². The maximum atomic E-state index is 5.72. The standard InChI is InChI=1S/C13H10BrN3OS/c14-10-3-1-9-6-11(4-2-8(9)5-10)18-7-12-13(15)19-17-16-12/h1-6H,7,15H2. The molecule has 0 fully saturated rings. The SMILES string of the molecule is Nc1snnc1COc1ccc2cc(Br)ccc2c1. The summed E-state index contributed by atoms with van der Waals surface area (Å²) in [5.74, 6) is 0.794. The molecule has 0 saturated heterocycles. The molecule has 19 heavy (non-hydrogen) atoms. The Hall–Kier alpha value is -1.66. The minimum Gasteiger partial charge on any atom is -0.487 e. The Bertz CT molecular complexity index is 729. The lowest BCUT2D eigenvalue weighted by Gasteiger charge is -2.06. The fraction of sp³-hybridized carbons (Fsp3) is 0.0769. The first-order chi connectivity index (χ1) is 9.22. The van der Waals surface area contributed by atoms with E-state index >= 15 is 0 Å². The minimum atomic E-state index is 0.338. The van der Waals surface area contributed by atoms with Gasteiger partial charge in [-0.15, -0.1) is 5.10 Å². The van der Waals surface area contributed by atoms with Gasteiger partial charge < -0.3 is 10.5 Å². The van der Waals surface area contributed by atoms with Crippen molar-refractivity contribution in [3.05, 3.63) is 46.6 Å². The Morgan fingerprint density at radius 1 is 1.16 bits per heavy atom. The second-order valence-corrected chi connectivity index (χ2v) is 5.73. The van der Waals surface area contributed by atoms with Gasteiger partial charge in [-0.3, -0.25) is 0 Å². The molecule has 0 unspecified atom stereocenters. The lowest BCUT2D eigenvalue weighted by Crippen LogP contribution is -1.99. The number of hydrogen-bond acceptors (Lipinski definition) is 5. The molecule has 2 N–H and O–H groups in total. The topological polar surface area (TPSA) is 61.0 Å². The number of anilines is 1. The predicted octanol–water partition coefficient (Wildman–Crippen LogP) is 3.62. The van der Waals surface area contributed by atoms with Crippen molar-refractivity contribution < 1.29 is 4.74 Å². The second-order valence-electron chi connectivity index (χ2n) is 4.03. The Balaban J connectivity index is 1.82. The van der Waals surface area contributed by atoms with Crippen LogP contribution in [0.5, 0.6) is 5.75 Å². The van der Waals surface area contributed by atoms with E-state index in [4.69, 9.17) is 10.5 Å². The van der Waals surface area contributed by atoms with Crippen molar-refractivity contribution in [2.45, 2.75) is 6.61 Å². The van der Waals surface area contributed by atoms with E-state index in [0.29, 0.717) is 17.3 Å². The van der Waals surface area contributed by atoms with Crippen LogP contribution >= 0.6 is 27.5 Å². The van der Waals surface area contributed by atoms with Crippen LogP contribution in [-0.4, -0.2) is 9.59 Å². The van der Waals surface area contributed by atoms with Crippen LogP contribution < -0.4 is 10.5 Å². The second kappa shape index (κ2) is 5.14. The van der Waals surface area contributed by atoms with E-state index in [9.17, 15) is 0 Å². The number of halogens is 1. The molecule has 0 aliphatic rings. The highest BCUT2D eigenvalue weighted by molar-refractivity contribution is 9.10. The van der Waals surface area contributed by atoms with Crippen LogP contribution in [0.25, 0.3) is 10.8 Å². The number of ether oxygens (including phenoxy) is 1. The number of nitrogen functional groups attached to an aromatic ring is 1. The number of rotatable bonds is 3. The Morgan fingerprint density at radius 2 is 1.95 bits per heavy atom. The van der Waals surface area contributed by atoms with Crippen molar-refractivity contribution in [3.63, 3.8) is 0 Å². The van der Waals surface area contributed by atoms with Gasteiger partial charge in [0, 0.05) is 16.0 Å². The fourth-order valence-electron chi connectivity index (χ4n) is 1.75. The summed E-state index contributed by atoms with van der Waals surface area (Å²) in [4.78, 5) is 0. The van der Waals surface area contributed by atoms with Crippen LogP contribution in [0.1, 0.15) is 5.69 Å². The fourth-order valence-corrected chi connectivity index (χ4v) is 2.56. The van der Waals surface area contributed by atoms with Gasteiger partial charge in [-0.05, 0) is 35.0 Å². The van der Waals surface area contributed by atoms with Crippen LogP contribution in [0.3, 0.4) is 0 Å². The van der Waals surface area contributed by atoms with Gasteiger partial charge in [0.2, 0.25) is 0 Å². The normalized spacial score (nSPS) is 10.8. The Kier molecular flexibility index (Phi) is 3.35. The highest BCUT2D eigenvalue weighted by Crippen LogP contribution is 2.25. The molecule has 4 nitrogen and oxygen atoms in total. The maximum absolute atomic E-state index is 5.72. The average Bonchev–Trinajstić information content (AvgIpc) is 2.82. The van der Waals surface area contributed by atoms with Gasteiger partial charge in [0.15, 0.2) is 0 Å². The molecule has 96 valence electrons. The monoisotopic (exact) mass is 335 g/mol. The molecule has 0 aliphatic carbocycles. The molecule has 0 amide bonds. The number of nitrogens with zero attached hydrogens (tertiary/aromatic N) is 2. The lowest BCUT2D eigenvalue weighted by molar-refractivity contribution is 0.302. The molecular formula is C13H10BrN3OS. The molecule has 1 aromatic heterocycles. The third kappa shape index (κ3) is 2.69. The first kappa shape index (κ1) is 12.4. The highest BCUT2D eigenvalue weighted by Gasteiger charge is 2.05. The summed E-state index contributed by atoms with van der Waals surface area (Å²) in [5, 5.41) is 6.81. The molecule has 2 aromatic carbocycles. The zero-order chi connectivity index (χ0) is 13.2.